The molecule has 0 N–H and O–H groups in total. The number of fused-ring (bicyclic) bond motifs is 1. The Labute approximate surface area is 130 Å². The van der Waals surface area contributed by atoms with E-state index < -0.39 is 17.6 Å². The molecule has 0 saturated heterocycles. The number of benzene rings is 2. The van der Waals surface area contributed by atoms with Crippen LogP contribution in [0.2, 0.25) is 0 Å². The summed E-state index contributed by atoms with van der Waals surface area (Å²) in [6, 6.07) is 10.8. The summed E-state index contributed by atoms with van der Waals surface area (Å²) in [5, 5.41) is 0. The molecule has 0 radical (unpaired) electrons. The normalized spacial score (nSPS) is 14.6. The third kappa shape index (κ3) is 2.84. The molecule has 1 aliphatic heterocycles. The number of Topliss-reactive ketones (excluding diaryl/α,β-unsaturated/α-hetero) is 1. The molecule has 0 aliphatic carbocycles. The van der Waals surface area contributed by atoms with Crippen LogP contribution >= 0.6 is 0 Å². The van der Waals surface area contributed by atoms with Gasteiger partial charge in [0.2, 0.25) is 0 Å². The third-order valence-corrected chi connectivity index (χ3v) is 3.76. The van der Waals surface area contributed by atoms with Crippen LogP contribution in [-0.4, -0.2) is 18.2 Å². The highest BCUT2D eigenvalue weighted by molar-refractivity contribution is 6.13. The Kier molecular flexibility index (Phi) is 3.67. The fraction of sp³-hybridized carbons (Fsp3) is 0.176. The number of rotatable bonds is 1. The minimum absolute atomic E-state index is 0.0444. The molecule has 23 heavy (non-hydrogen) atoms. The molecule has 0 aromatic heterocycles. The smallest absolute Gasteiger partial charge is 0.307 e. The molecule has 0 unspecified atom stereocenters. The van der Waals surface area contributed by atoms with E-state index in [1.54, 1.807) is 24.3 Å². The summed E-state index contributed by atoms with van der Waals surface area (Å²) >= 11 is 0. The molecule has 3 rings (SSSR count). The summed E-state index contributed by atoms with van der Waals surface area (Å²) in [5.41, 5.74) is 0.304. The lowest BCUT2D eigenvalue weighted by Crippen LogP contribution is -2.37. The monoisotopic (exact) mass is 319 g/mol. The summed E-state index contributed by atoms with van der Waals surface area (Å²) in [7, 11) is 0. The second-order valence-corrected chi connectivity index (χ2v) is 5.22. The van der Waals surface area contributed by atoms with Crippen molar-refractivity contribution in [3.63, 3.8) is 0 Å². The van der Waals surface area contributed by atoms with Gasteiger partial charge in [0, 0.05) is 24.1 Å². The molecule has 0 fully saturated rings. The standard InChI is InChI=1S/C17H12F3NO2/c18-17(19,20)12-7-5-11(6-8-12)16(23)21-10-9-15(22)13-3-1-2-4-14(13)21/h1-8H,9-10H2. The van der Waals surface area contributed by atoms with Gasteiger partial charge in [-0.3, -0.25) is 9.59 Å². The van der Waals surface area contributed by atoms with Crippen LogP contribution in [0.4, 0.5) is 18.9 Å². The van der Waals surface area contributed by atoms with Gasteiger partial charge in [0.05, 0.1) is 11.3 Å². The van der Waals surface area contributed by atoms with E-state index in [1.165, 1.54) is 4.90 Å². The van der Waals surface area contributed by atoms with Crippen LogP contribution in [0.15, 0.2) is 48.5 Å². The topological polar surface area (TPSA) is 37.4 Å². The average molecular weight is 319 g/mol. The van der Waals surface area contributed by atoms with Crippen molar-refractivity contribution in [1.82, 2.24) is 0 Å². The molecule has 3 nitrogen and oxygen atoms in total. The fourth-order valence-corrected chi connectivity index (χ4v) is 2.58. The number of anilines is 1. The van der Waals surface area contributed by atoms with Crippen molar-refractivity contribution in [3.8, 4) is 0 Å². The maximum absolute atomic E-state index is 12.6. The minimum Gasteiger partial charge on any atom is -0.307 e. The van der Waals surface area contributed by atoms with Gasteiger partial charge in [0.25, 0.3) is 5.91 Å². The first-order chi connectivity index (χ1) is 10.9. The molecule has 0 saturated carbocycles. The molecule has 1 aliphatic rings. The van der Waals surface area contributed by atoms with Crippen molar-refractivity contribution >= 4 is 17.4 Å². The Hall–Kier alpha value is -2.63. The van der Waals surface area contributed by atoms with E-state index in [-0.39, 0.29) is 24.3 Å². The Morgan fingerprint density at radius 3 is 2.30 bits per heavy atom. The molecule has 2 aromatic carbocycles. The quantitative estimate of drug-likeness (QED) is 0.798. The molecule has 6 heteroatoms. The summed E-state index contributed by atoms with van der Waals surface area (Å²) in [6.07, 6.45) is -4.24. The second-order valence-electron chi connectivity index (χ2n) is 5.22. The number of ketones is 1. The van der Waals surface area contributed by atoms with E-state index in [2.05, 4.69) is 0 Å². The van der Waals surface area contributed by atoms with E-state index in [1.807, 2.05) is 0 Å². The molecular formula is C17H12F3NO2. The van der Waals surface area contributed by atoms with Crippen LogP contribution in [0.3, 0.4) is 0 Å². The van der Waals surface area contributed by atoms with E-state index in [0.717, 1.165) is 24.3 Å². The number of para-hydroxylation sites is 1. The number of hydrogen-bond donors (Lipinski definition) is 0. The van der Waals surface area contributed by atoms with Gasteiger partial charge in [-0.05, 0) is 36.4 Å². The Morgan fingerprint density at radius 1 is 1.00 bits per heavy atom. The molecular weight excluding hydrogens is 307 g/mol. The van der Waals surface area contributed by atoms with Crippen LogP contribution in [0.5, 0.6) is 0 Å². The second kappa shape index (κ2) is 5.53. The van der Waals surface area contributed by atoms with Crippen LogP contribution in [-0.2, 0) is 6.18 Å². The largest absolute Gasteiger partial charge is 0.416 e. The summed E-state index contributed by atoms with van der Waals surface area (Å²) in [5.74, 6) is -0.462. The lowest BCUT2D eigenvalue weighted by Gasteiger charge is -2.28. The van der Waals surface area contributed by atoms with Crippen molar-refractivity contribution in [3.05, 3.63) is 65.2 Å². The predicted octanol–water partition coefficient (Wildman–Crippen LogP) is 3.94. The lowest BCUT2D eigenvalue weighted by molar-refractivity contribution is -0.137. The molecule has 1 amide bonds. The van der Waals surface area contributed by atoms with Crippen molar-refractivity contribution in [1.29, 1.82) is 0 Å². The first kappa shape index (κ1) is 15.3. The van der Waals surface area contributed by atoms with E-state index in [9.17, 15) is 22.8 Å². The van der Waals surface area contributed by atoms with Gasteiger partial charge in [0.15, 0.2) is 5.78 Å². The van der Waals surface area contributed by atoms with Gasteiger partial charge in [-0.15, -0.1) is 0 Å². The SMILES string of the molecule is O=C1CCN(C(=O)c2ccc(C(F)(F)F)cc2)c2ccccc21. The van der Waals surface area contributed by atoms with Crippen LogP contribution < -0.4 is 4.90 Å². The third-order valence-electron chi connectivity index (χ3n) is 3.76. The highest BCUT2D eigenvalue weighted by atomic mass is 19.4. The van der Waals surface area contributed by atoms with Gasteiger partial charge in [-0.25, -0.2) is 0 Å². The first-order valence-corrected chi connectivity index (χ1v) is 6.99. The average Bonchev–Trinajstić information content (AvgIpc) is 2.54. The van der Waals surface area contributed by atoms with Crippen molar-refractivity contribution in [2.75, 3.05) is 11.4 Å². The number of alkyl halides is 3. The summed E-state index contributed by atoms with van der Waals surface area (Å²) in [4.78, 5) is 25.9. The van der Waals surface area contributed by atoms with Gasteiger partial charge < -0.3 is 4.90 Å². The number of carbonyl (C=O) groups excluding carboxylic acids is 2. The van der Waals surface area contributed by atoms with Crippen LogP contribution in [0, 0.1) is 0 Å². The minimum atomic E-state index is -4.44. The number of amides is 1. The van der Waals surface area contributed by atoms with Crippen molar-refractivity contribution in [2.45, 2.75) is 12.6 Å². The van der Waals surface area contributed by atoms with E-state index >= 15 is 0 Å². The predicted molar refractivity (Wildman–Crippen MR) is 78.5 cm³/mol. The molecule has 118 valence electrons. The Bertz CT molecular complexity index is 766. The van der Waals surface area contributed by atoms with E-state index in [0.29, 0.717) is 11.3 Å². The number of nitrogens with zero attached hydrogens (tertiary/aromatic N) is 1. The van der Waals surface area contributed by atoms with Crippen molar-refractivity contribution in [2.24, 2.45) is 0 Å². The highest BCUT2D eigenvalue weighted by Crippen LogP contribution is 2.31. The maximum Gasteiger partial charge on any atom is 0.416 e. The van der Waals surface area contributed by atoms with Crippen LogP contribution in [0.25, 0.3) is 0 Å². The molecule has 0 spiro atoms. The van der Waals surface area contributed by atoms with Crippen molar-refractivity contribution < 1.29 is 22.8 Å². The van der Waals surface area contributed by atoms with E-state index in [4.69, 9.17) is 0 Å². The molecule has 1 heterocycles. The first-order valence-electron chi connectivity index (χ1n) is 6.99. The number of halogens is 3. The number of carbonyl (C=O) groups is 2. The van der Waals surface area contributed by atoms with Gasteiger partial charge in [-0.2, -0.15) is 13.2 Å². The van der Waals surface area contributed by atoms with Gasteiger partial charge in [0.1, 0.15) is 0 Å². The highest BCUT2D eigenvalue weighted by Gasteiger charge is 2.31. The van der Waals surface area contributed by atoms with Gasteiger partial charge in [-0.1, -0.05) is 12.1 Å². The molecule has 2 aromatic rings. The summed E-state index contributed by atoms with van der Waals surface area (Å²) < 4.78 is 37.7. The zero-order valence-electron chi connectivity index (χ0n) is 11.9. The summed E-state index contributed by atoms with van der Waals surface area (Å²) in [6.45, 7) is 0.218. The fourth-order valence-electron chi connectivity index (χ4n) is 2.58. The lowest BCUT2D eigenvalue weighted by atomic mass is 9.99. The molecule has 0 atom stereocenters. The maximum atomic E-state index is 12.6. The zero-order chi connectivity index (χ0) is 16.6. The zero-order valence-corrected chi connectivity index (χ0v) is 11.9. The Morgan fingerprint density at radius 2 is 1.65 bits per heavy atom. The molecule has 0 bridgehead atoms. The number of hydrogen-bond acceptors (Lipinski definition) is 2. The van der Waals surface area contributed by atoms with Crippen LogP contribution in [0.1, 0.15) is 32.7 Å². The van der Waals surface area contributed by atoms with Gasteiger partial charge >= 0.3 is 6.18 Å². The Balaban J connectivity index is 1.92.